The summed E-state index contributed by atoms with van der Waals surface area (Å²) < 4.78 is 28.9. The minimum Gasteiger partial charge on any atom is -0.352 e. The standard InChI is InChI=1S/C22H34N2O3S/c1-20(2,3)19(25)24-18-13-17-11-12-22(18,21(17,4)5)15-28(26,27)23-14-16-9-7-6-8-10-16/h6-10,17-18,23H,11-15H2,1-5H3,(H,24,25)/t17-,18-,22-/m1/s1. The number of amides is 1. The molecule has 1 amide bonds. The molecule has 156 valence electrons. The smallest absolute Gasteiger partial charge is 0.225 e. The van der Waals surface area contributed by atoms with E-state index < -0.39 is 20.9 Å². The predicted molar refractivity (Wildman–Crippen MR) is 112 cm³/mol. The number of fused-ring (bicyclic) bond motifs is 2. The van der Waals surface area contributed by atoms with Crippen LogP contribution in [0.2, 0.25) is 0 Å². The van der Waals surface area contributed by atoms with Crippen LogP contribution in [0.3, 0.4) is 0 Å². The molecule has 2 saturated carbocycles. The molecule has 0 saturated heterocycles. The summed E-state index contributed by atoms with van der Waals surface area (Å²) in [6.45, 7) is 10.3. The Morgan fingerprint density at radius 2 is 1.82 bits per heavy atom. The van der Waals surface area contributed by atoms with Crippen LogP contribution < -0.4 is 10.0 Å². The lowest BCUT2D eigenvalue weighted by molar-refractivity contribution is -0.130. The molecule has 1 aromatic carbocycles. The van der Waals surface area contributed by atoms with Crippen LogP contribution in [0.15, 0.2) is 30.3 Å². The largest absolute Gasteiger partial charge is 0.352 e. The number of benzene rings is 1. The molecule has 0 heterocycles. The number of hydrogen-bond acceptors (Lipinski definition) is 3. The lowest BCUT2D eigenvalue weighted by atomic mass is 9.68. The summed E-state index contributed by atoms with van der Waals surface area (Å²) in [5.74, 6) is 0.503. The Balaban J connectivity index is 1.80. The van der Waals surface area contributed by atoms with Gasteiger partial charge in [0.25, 0.3) is 0 Å². The Labute approximate surface area is 169 Å². The van der Waals surface area contributed by atoms with Gasteiger partial charge in [0.2, 0.25) is 15.9 Å². The van der Waals surface area contributed by atoms with Crippen molar-refractivity contribution in [2.45, 2.75) is 66.5 Å². The molecule has 3 atom stereocenters. The predicted octanol–water partition coefficient (Wildman–Crippen LogP) is 3.46. The monoisotopic (exact) mass is 406 g/mol. The van der Waals surface area contributed by atoms with Gasteiger partial charge in [0.05, 0.1) is 5.75 Å². The van der Waals surface area contributed by atoms with E-state index in [1.54, 1.807) is 0 Å². The van der Waals surface area contributed by atoms with Gasteiger partial charge < -0.3 is 5.32 Å². The highest BCUT2D eigenvalue weighted by Crippen LogP contribution is 2.66. The molecule has 0 aromatic heterocycles. The normalized spacial score (nSPS) is 29.0. The van der Waals surface area contributed by atoms with Crippen molar-refractivity contribution >= 4 is 15.9 Å². The Hall–Kier alpha value is -1.40. The van der Waals surface area contributed by atoms with Crippen molar-refractivity contribution in [1.82, 2.24) is 10.0 Å². The third-order valence-corrected chi connectivity index (χ3v) is 8.68. The van der Waals surface area contributed by atoms with Crippen LogP contribution in [-0.2, 0) is 21.4 Å². The Morgan fingerprint density at radius 3 is 2.39 bits per heavy atom. The summed E-state index contributed by atoms with van der Waals surface area (Å²) in [4.78, 5) is 12.7. The van der Waals surface area contributed by atoms with Crippen molar-refractivity contribution in [3.8, 4) is 0 Å². The molecule has 6 heteroatoms. The maximum absolute atomic E-state index is 13.0. The first kappa shape index (κ1) is 21.3. The molecule has 2 aliphatic rings. The number of hydrogen-bond donors (Lipinski definition) is 2. The minimum absolute atomic E-state index is 0.00475. The van der Waals surface area contributed by atoms with Crippen molar-refractivity contribution in [3.63, 3.8) is 0 Å². The van der Waals surface area contributed by atoms with Gasteiger partial charge in [0.15, 0.2) is 0 Å². The van der Waals surface area contributed by atoms with E-state index >= 15 is 0 Å². The fourth-order valence-electron chi connectivity index (χ4n) is 5.18. The van der Waals surface area contributed by atoms with Crippen molar-refractivity contribution < 1.29 is 13.2 Å². The molecule has 2 N–H and O–H groups in total. The van der Waals surface area contributed by atoms with Gasteiger partial charge in [-0.25, -0.2) is 13.1 Å². The topological polar surface area (TPSA) is 75.3 Å². The summed E-state index contributed by atoms with van der Waals surface area (Å²) in [5.41, 5.74) is -0.0978. The van der Waals surface area contributed by atoms with Crippen molar-refractivity contribution in [3.05, 3.63) is 35.9 Å². The second-order valence-corrected chi connectivity index (χ2v) is 12.0. The molecule has 2 bridgehead atoms. The maximum Gasteiger partial charge on any atom is 0.225 e. The van der Waals surface area contributed by atoms with Crippen molar-refractivity contribution in [2.75, 3.05) is 5.75 Å². The highest BCUT2D eigenvalue weighted by atomic mass is 32.2. The zero-order chi connectivity index (χ0) is 20.8. The molecule has 0 spiro atoms. The van der Waals surface area contributed by atoms with E-state index in [9.17, 15) is 13.2 Å². The van der Waals surface area contributed by atoms with Gasteiger partial charge in [0.1, 0.15) is 0 Å². The fraction of sp³-hybridized carbons (Fsp3) is 0.682. The van der Waals surface area contributed by atoms with Gasteiger partial charge in [0, 0.05) is 23.4 Å². The zero-order valence-electron chi connectivity index (χ0n) is 17.7. The highest BCUT2D eigenvalue weighted by Gasteiger charge is 2.65. The van der Waals surface area contributed by atoms with Crippen LogP contribution in [0, 0.1) is 22.2 Å². The molecule has 28 heavy (non-hydrogen) atoms. The first-order chi connectivity index (χ1) is 12.9. The van der Waals surface area contributed by atoms with Crippen LogP contribution in [0.4, 0.5) is 0 Å². The summed E-state index contributed by atoms with van der Waals surface area (Å²) in [6.07, 6.45) is 2.73. The number of carbonyl (C=O) groups is 1. The third kappa shape index (κ3) is 3.86. The van der Waals surface area contributed by atoms with E-state index in [2.05, 4.69) is 23.9 Å². The molecule has 2 fully saturated rings. The van der Waals surface area contributed by atoms with Crippen LogP contribution in [0.25, 0.3) is 0 Å². The summed E-state index contributed by atoms with van der Waals surface area (Å²) >= 11 is 0. The first-order valence-electron chi connectivity index (χ1n) is 10.2. The summed E-state index contributed by atoms with van der Waals surface area (Å²) in [7, 11) is -3.48. The number of sulfonamides is 1. The zero-order valence-corrected chi connectivity index (χ0v) is 18.5. The molecule has 5 nitrogen and oxygen atoms in total. The van der Waals surface area contributed by atoms with Gasteiger partial charge in [-0.05, 0) is 36.2 Å². The lowest BCUT2D eigenvalue weighted by Gasteiger charge is -2.43. The Bertz CT molecular complexity index is 827. The molecule has 0 radical (unpaired) electrons. The van der Waals surface area contributed by atoms with Gasteiger partial charge in [-0.1, -0.05) is 65.0 Å². The van der Waals surface area contributed by atoms with Gasteiger partial charge >= 0.3 is 0 Å². The molecule has 2 aliphatic carbocycles. The molecule has 3 rings (SSSR count). The fourth-order valence-corrected chi connectivity index (χ4v) is 7.06. The third-order valence-electron chi connectivity index (χ3n) is 7.20. The van der Waals surface area contributed by atoms with E-state index in [4.69, 9.17) is 0 Å². The van der Waals surface area contributed by atoms with E-state index in [1.807, 2.05) is 51.1 Å². The lowest BCUT2D eigenvalue weighted by Crippen LogP contribution is -2.55. The minimum atomic E-state index is -3.48. The van der Waals surface area contributed by atoms with Crippen LogP contribution in [0.1, 0.15) is 59.4 Å². The van der Waals surface area contributed by atoms with E-state index in [0.717, 1.165) is 24.8 Å². The maximum atomic E-state index is 13.0. The first-order valence-corrected chi connectivity index (χ1v) is 11.8. The van der Waals surface area contributed by atoms with E-state index in [-0.39, 0.29) is 23.1 Å². The average molecular weight is 407 g/mol. The van der Waals surface area contributed by atoms with Gasteiger partial charge in [-0.3, -0.25) is 4.79 Å². The SMILES string of the molecule is CC(C)(C)C(=O)N[C@@H]1C[C@H]2CC[C@]1(CS(=O)(=O)NCc1ccccc1)C2(C)C. The summed E-state index contributed by atoms with van der Waals surface area (Å²) in [5, 5.41) is 3.21. The number of rotatable bonds is 6. The molecular formula is C22H34N2O3S. The second kappa shape index (κ2) is 7.13. The summed E-state index contributed by atoms with van der Waals surface area (Å²) in [6, 6.07) is 9.46. The van der Waals surface area contributed by atoms with Crippen LogP contribution >= 0.6 is 0 Å². The molecule has 0 unspecified atom stereocenters. The molecule has 1 aromatic rings. The molecule has 0 aliphatic heterocycles. The Kier molecular flexibility index (Phi) is 5.43. The average Bonchev–Trinajstić information content (AvgIpc) is 2.94. The van der Waals surface area contributed by atoms with Gasteiger partial charge in [-0.2, -0.15) is 0 Å². The molecular weight excluding hydrogens is 372 g/mol. The van der Waals surface area contributed by atoms with E-state index in [1.165, 1.54) is 0 Å². The van der Waals surface area contributed by atoms with Crippen LogP contribution in [0.5, 0.6) is 0 Å². The highest BCUT2D eigenvalue weighted by molar-refractivity contribution is 7.89. The quantitative estimate of drug-likeness (QED) is 0.760. The van der Waals surface area contributed by atoms with E-state index in [0.29, 0.717) is 12.5 Å². The van der Waals surface area contributed by atoms with Crippen molar-refractivity contribution in [1.29, 1.82) is 0 Å². The van der Waals surface area contributed by atoms with Gasteiger partial charge in [-0.15, -0.1) is 0 Å². The number of nitrogens with one attached hydrogen (secondary N) is 2. The Morgan fingerprint density at radius 1 is 1.18 bits per heavy atom. The van der Waals surface area contributed by atoms with Crippen molar-refractivity contribution in [2.24, 2.45) is 22.2 Å². The van der Waals surface area contributed by atoms with Crippen LogP contribution in [-0.4, -0.2) is 26.1 Å². The second-order valence-electron chi connectivity index (χ2n) is 10.2. The number of carbonyl (C=O) groups excluding carboxylic acids is 1.